The van der Waals surface area contributed by atoms with Crippen molar-refractivity contribution in [2.75, 3.05) is 19.5 Å². The van der Waals surface area contributed by atoms with E-state index in [-0.39, 0.29) is 0 Å². The molecule has 1 aliphatic carbocycles. The molecule has 1 saturated carbocycles. The van der Waals surface area contributed by atoms with Crippen LogP contribution < -0.4 is 5.32 Å². The zero-order chi connectivity index (χ0) is 14.7. The Hall–Kier alpha value is -1.73. The lowest BCUT2D eigenvalue weighted by molar-refractivity contribution is 0.0668. The van der Waals surface area contributed by atoms with Gasteiger partial charge in [-0.05, 0) is 25.7 Å². The molecule has 7 heteroatoms. The largest absolute Gasteiger partial charge is 0.381 e. The molecule has 1 fully saturated rings. The highest BCUT2D eigenvalue weighted by Gasteiger charge is 2.22. The molecular weight excluding hydrogens is 270 g/mol. The van der Waals surface area contributed by atoms with E-state index < -0.39 is 0 Å². The van der Waals surface area contributed by atoms with Gasteiger partial charge in [0.05, 0.1) is 18.4 Å². The summed E-state index contributed by atoms with van der Waals surface area (Å²) in [6.07, 6.45) is 6.31. The zero-order valence-electron chi connectivity index (χ0n) is 12.5. The lowest BCUT2D eigenvalue weighted by Crippen LogP contribution is -2.31. The minimum absolute atomic E-state index is 0.336. The molecule has 0 bridgehead atoms. The summed E-state index contributed by atoms with van der Waals surface area (Å²) in [5, 5.41) is 7.79. The lowest BCUT2D eigenvalue weighted by Gasteiger charge is -2.29. The molecule has 2 aromatic heterocycles. The van der Waals surface area contributed by atoms with Crippen LogP contribution in [-0.2, 0) is 16.1 Å². The molecule has 2 unspecified atom stereocenters. The highest BCUT2D eigenvalue weighted by molar-refractivity contribution is 5.45. The fourth-order valence-electron chi connectivity index (χ4n) is 2.89. The normalized spacial score (nSPS) is 22.6. The topological polar surface area (TPSA) is 73.6 Å². The monoisotopic (exact) mass is 291 g/mol. The number of hydrogen-bond donors (Lipinski definition) is 1. The molecule has 0 amide bonds. The number of ether oxygens (including phenoxy) is 2. The Morgan fingerprint density at radius 2 is 2.29 bits per heavy atom. The minimum Gasteiger partial charge on any atom is -0.381 e. The average molecular weight is 291 g/mol. The third kappa shape index (κ3) is 3.14. The molecule has 2 atom stereocenters. The number of aromatic nitrogens is 4. The van der Waals surface area contributed by atoms with Crippen LogP contribution in [0.5, 0.6) is 0 Å². The van der Waals surface area contributed by atoms with E-state index in [0.29, 0.717) is 24.5 Å². The predicted molar refractivity (Wildman–Crippen MR) is 78.2 cm³/mol. The Kier molecular flexibility index (Phi) is 4.31. The highest BCUT2D eigenvalue weighted by atomic mass is 16.5. The quantitative estimate of drug-likeness (QED) is 0.902. The minimum atomic E-state index is 0.336. The lowest BCUT2D eigenvalue weighted by atomic mass is 9.93. The summed E-state index contributed by atoms with van der Waals surface area (Å²) >= 11 is 0. The fourth-order valence-corrected chi connectivity index (χ4v) is 2.89. The summed E-state index contributed by atoms with van der Waals surface area (Å²) < 4.78 is 12.4. The van der Waals surface area contributed by atoms with Gasteiger partial charge in [0, 0.05) is 26.3 Å². The maximum absolute atomic E-state index is 5.49. The number of anilines is 1. The van der Waals surface area contributed by atoms with Crippen LogP contribution in [0.1, 0.15) is 31.4 Å². The first kappa shape index (κ1) is 14.2. The van der Waals surface area contributed by atoms with Gasteiger partial charge in [-0.25, -0.2) is 4.98 Å². The van der Waals surface area contributed by atoms with Crippen LogP contribution in [0.4, 0.5) is 5.82 Å². The van der Waals surface area contributed by atoms with Gasteiger partial charge in [0.1, 0.15) is 12.1 Å². The number of rotatable bonds is 5. The second kappa shape index (κ2) is 6.36. The van der Waals surface area contributed by atoms with Crippen molar-refractivity contribution in [3.8, 4) is 0 Å². The fraction of sp³-hybridized carbons (Fsp3) is 0.643. The van der Waals surface area contributed by atoms with Crippen LogP contribution in [0, 0.1) is 0 Å². The molecule has 0 spiro atoms. The second-order valence-corrected chi connectivity index (χ2v) is 5.40. The van der Waals surface area contributed by atoms with Crippen molar-refractivity contribution < 1.29 is 9.47 Å². The van der Waals surface area contributed by atoms with E-state index >= 15 is 0 Å². The molecule has 2 heterocycles. The van der Waals surface area contributed by atoms with Gasteiger partial charge in [0.15, 0.2) is 0 Å². The summed E-state index contributed by atoms with van der Waals surface area (Å²) in [7, 11) is 3.44. The molecule has 0 aliphatic heterocycles. The van der Waals surface area contributed by atoms with Crippen molar-refractivity contribution in [1.29, 1.82) is 0 Å². The third-order valence-corrected chi connectivity index (χ3v) is 3.91. The van der Waals surface area contributed by atoms with Gasteiger partial charge in [0.2, 0.25) is 0 Å². The van der Waals surface area contributed by atoms with Crippen molar-refractivity contribution in [2.45, 2.75) is 44.4 Å². The zero-order valence-corrected chi connectivity index (χ0v) is 12.5. The number of nitrogens with zero attached hydrogens (tertiary/aromatic N) is 4. The van der Waals surface area contributed by atoms with E-state index in [0.717, 1.165) is 30.8 Å². The first-order valence-electron chi connectivity index (χ1n) is 7.28. The summed E-state index contributed by atoms with van der Waals surface area (Å²) in [4.78, 5) is 8.58. The molecule has 0 aromatic carbocycles. The second-order valence-electron chi connectivity index (χ2n) is 5.40. The Labute approximate surface area is 123 Å². The average Bonchev–Trinajstić information content (AvgIpc) is 2.96. The van der Waals surface area contributed by atoms with Crippen LogP contribution in [0.15, 0.2) is 12.4 Å². The summed E-state index contributed by atoms with van der Waals surface area (Å²) in [5.74, 6) is 1.50. The predicted octanol–water partition coefficient (Wildman–Crippen LogP) is 1.64. The Morgan fingerprint density at radius 1 is 1.38 bits per heavy atom. The third-order valence-electron chi connectivity index (χ3n) is 3.91. The van der Waals surface area contributed by atoms with Gasteiger partial charge < -0.3 is 14.8 Å². The number of nitrogens with one attached hydrogen (secondary N) is 1. The van der Waals surface area contributed by atoms with E-state index in [1.165, 1.54) is 12.7 Å². The first-order valence-corrected chi connectivity index (χ1v) is 7.28. The van der Waals surface area contributed by atoms with Crippen molar-refractivity contribution in [1.82, 2.24) is 19.6 Å². The standard InChI is InChI=1S/C14H21N5O2/c1-20-8-11-7-13(19-14(18-11)15-9-16-19)17-10-4-3-5-12(6-10)21-2/h7,9-10,12,17H,3-6,8H2,1-2H3. The molecule has 0 radical (unpaired) electrons. The van der Waals surface area contributed by atoms with Crippen LogP contribution in [0.2, 0.25) is 0 Å². The van der Waals surface area contributed by atoms with Crippen LogP contribution in [0.3, 0.4) is 0 Å². The van der Waals surface area contributed by atoms with E-state index in [9.17, 15) is 0 Å². The number of hydrogen-bond acceptors (Lipinski definition) is 6. The Morgan fingerprint density at radius 3 is 3.10 bits per heavy atom. The van der Waals surface area contributed by atoms with Crippen molar-refractivity contribution >= 4 is 11.6 Å². The van der Waals surface area contributed by atoms with Crippen molar-refractivity contribution in [2.24, 2.45) is 0 Å². The number of fused-ring (bicyclic) bond motifs is 1. The van der Waals surface area contributed by atoms with E-state index in [1.54, 1.807) is 18.7 Å². The molecule has 0 saturated heterocycles. The smallest absolute Gasteiger partial charge is 0.254 e. The number of methoxy groups -OCH3 is 2. The Balaban J connectivity index is 1.83. The van der Waals surface area contributed by atoms with Crippen LogP contribution in [0.25, 0.3) is 5.78 Å². The van der Waals surface area contributed by atoms with E-state index in [2.05, 4.69) is 20.4 Å². The SMILES string of the molecule is COCc1cc(NC2CCCC(OC)C2)n2ncnc2n1. The van der Waals surface area contributed by atoms with Gasteiger partial charge in [-0.3, -0.25) is 0 Å². The molecule has 114 valence electrons. The van der Waals surface area contributed by atoms with Gasteiger partial charge in [-0.2, -0.15) is 14.6 Å². The molecule has 7 nitrogen and oxygen atoms in total. The van der Waals surface area contributed by atoms with Gasteiger partial charge in [-0.1, -0.05) is 0 Å². The summed E-state index contributed by atoms with van der Waals surface area (Å²) in [5.41, 5.74) is 0.847. The highest BCUT2D eigenvalue weighted by Crippen LogP contribution is 2.24. The molecule has 21 heavy (non-hydrogen) atoms. The summed E-state index contributed by atoms with van der Waals surface area (Å²) in [6.45, 7) is 0.462. The molecule has 1 aliphatic rings. The van der Waals surface area contributed by atoms with Crippen LogP contribution >= 0.6 is 0 Å². The molecule has 2 aromatic rings. The van der Waals surface area contributed by atoms with Crippen LogP contribution in [-0.4, -0.2) is 45.9 Å². The van der Waals surface area contributed by atoms with Crippen molar-refractivity contribution in [3.63, 3.8) is 0 Å². The van der Waals surface area contributed by atoms with E-state index in [4.69, 9.17) is 9.47 Å². The van der Waals surface area contributed by atoms with E-state index in [1.807, 2.05) is 6.07 Å². The van der Waals surface area contributed by atoms with Gasteiger partial charge in [0.25, 0.3) is 5.78 Å². The molecular formula is C14H21N5O2. The molecule has 3 rings (SSSR count). The first-order chi connectivity index (χ1) is 10.3. The van der Waals surface area contributed by atoms with Gasteiger partial charge in [-0.15, -0.1) is 0 Å². The Bertz CT molecular complexity index is 600. The summed E-state index contributed by atoms with van der Waals surface area (Å²) in [6, 6.07) is 2.36. The molecule has 1 N–H and O–H groups in total. The van der Waals surface area contributed by atoms with Gasteiger partial charge >= 0.3 is 0 Å². The maximum atomic E-state index is 5.49. The van der Waals surface area contributed by atoms with Crippen molar-refractivity contribution in [3.05, 3.63) is 18.1 Å². The maximum Gasteiger partial charge on any atom is 0.254 e.